The minimum Gasteiger partial charge on any atom is -0.359 e. The molecule has 0 aliphatic rings. The van der Waals surface area contributed by atoms with E-state index in [1.165, 1.54) is 5.56 Å². The van der Waals surface area contributed by atoms with E-state index in [1.807, 2.05) is 6.07 Å². The summed E-state index contributed by atoms with van der Waals surface area (Å²) in [6, 6.07) is 10.9. The number of carbonyl (C=O) groups is 1. The second-order valence-electron chi connectivity index (χ2n) is 4.11. The Morgan fingerprint density at radius 2 is 2.06 bits per heavy atom. The Labute approximate surface area is 97.5 Å². The number of rotatable bonds is 7. The molecule has 0 heterocycles. The average Bonchev–Trinajstić information content (AvgIpc) is 2.30. The van der Waals surface area contributed by atoms with Gasteiger partial charge in [0.2, 0.25) is 6.41 Å². The van der Waals surface area contributed by atoms with Crippen LogP contribution in [0, 0.1) is 0 Å². The van der Waals surface area contributed by atoms with Gasteiger partial charge < -0.3 is 5.32 Å². The minimum atomic E-state index is 0.465. The van der Waals surface area contributed by atoms with Crippen LogP contribution in [0.15, 0.2) is 30.3 Å². The smallest absolute Gasteiger partial charge is 0.207 e. The maximum atomic E-state index is 10.1. The Hall–Kier alpha value is -1.35. The fourth-order valence-corrected chi connectivity index (χ4v) is 1.60. The number of hydrogen-bond donors (Lipinski definition) is 1. The van der Waals surface area contributed by atoms with Gasteiger partial charge in [-0.15, -0.1) is 0 Å². The van der Waals surface area contributed by atoms with Crippen molar-refractivity contribution >= 4 is 6.41 Å². The van der Waals surface area contributed by atoms with E-state index < -0.39 is 0 Å². The van der Waals surface area contributed by atoms with Gasteiger partial charge in [-0.05, 0) is 26.0 Å². The molecule has 1 aromatic carbocycles. The quantitative estimate of drug-likeness (QED) is 0.559. The van der Waals surface area contributed by atoms with Crippen LogP contribution in [0.5, 0.6) is 0 Å². The molecule has 16 heavy (non-hydrogen) atoms. The number of benzene rings is 1. The van der Waals surface area contributed by atoms with Gasteiger partial charge in [-0.25, -0.2) is 0 Å². The van der Waals surface area contributed by atoms with E-state index >= 15 is 0 Å². The van der Waals surface area contributed by atoms with Gasteiger partial charge in [-0.2, -0.15) is 0 Å². The lowest BCUT2D eigenvalue weighted by molar-refractivity contribution is -0.109. The third-order valence-corrected chi connectivity index (χ3v) is 2.82. The molecule has 1 N–H and O–H groups in total. The molecule has 88 valence electrons. The molecule has 0 aliphatic carbocycles. The van der Waals surface area contributed by atoms with Crippen LogP contribution in [0.4, 0.5) is 0 Å². The predicted molar refractivity (Wildman–Crippen MR) is 66.1 cm³/mol. The maximum absolute atomic E-state index is 10.1. The Morgan fingerprint density at radius 1 is 1.38 bits per heavy atom. The van der Waals surface area contributed by atoms with Crippen LogP contribution in [-0.2, 0) is 11.3 Å². The molecule has 3 heteroatoms. The minimum absolute atomic E-state index is 0.465. The highest BCUT2D eigenvalue weighted by atomic mass is 16.1. The van der Waals surface area contributed by atoms with E-state index in [1.54, 1.807) is 0 Å². The topological polar surface area (TPSA) is 32.3 Å². The lowest BCUT2D eigenvalue weighted by Crippen LogP contribution is -2.31. The molecular formula is C13H20N2O. The molecule has 0 radical (unpaired) electrons. The van der Waals surface area contributed by atoms with E-state index in [0.29, 0.717) is 6.04 Å². The van der Waals surface area contributed by atoms with Gasteiger partial charge in [0.1, 0.15) is 0 Å². The molecule has 0 spiro atoms. The first kappa shape index (κ1) is 12.7. The molecule has 1 amide bonds. The molecule has 0 aromatic heterocycles. The van der Waals surface area contributed by atoms with Crippen LogP contribution in [0.2, 0.25) is 0 Å². The normalized spacial score (nSPS) is 12.4. The number of nitrogens with one attached hydrogen (secondary N) is 1. The lowest BCUT2D eigenvalue weighted by Gasteiger charge is -2.24. The Balaban J connectivity index is 2.33. The van der Waals surface area contributed by atoms with E-state index in [2.05, 4.69) is 48.5 Å². The molecule has 1 aromatic rings. The van der Waals surface area contributed by atoms with Crippen LogP contribution in [0.25, 0.3) is 0 Å². The summed E-state index contributed by atoms with van der Waals surface area (Å²) in [4.78, 5) is 12.4. The highest BCUT2D eigenvalue weighted by molar-refractivity contribution is 5.45. The summed E-state index contributed by atoms with van der Waals surface area (Å²) in [6.45, 7) is 3.86. The highest BCUT2D eigenvalue weighted by Crippen LogP contribution is 2.07. The van der Waals surface area contributed by atoms with E-state index in [4.69, 9.17) is 0 Å². The summed E-state index contributed by atoms with van der Waals surface area (Å²) in [6.07, 6.45) is 1.73. The van der Waals surface area contributed by atoms with Gasteiger partial charge in [-0.1, -0.05) is 30.3 Å². The molecular weight excluding hydrogens is 200 g/mol. The Morgan fingerprint density at radius 3 is 2.69 bits per heavy atom. The van der Waals surface area contributed by atoms with Gasteiger partial charge in [0.15, 0.2) is 0 Å². The van der Waals surface area contributed by atoms with Crippen LogP contribution >= 0.6 is 0 Å². The molecule has 0 bridgehead atoms. The van der Waals surface area contributed by atoms with Crippen molar-refractivity contribution in [2.24, 2.45) is 0 Å². The second kappa shape index (κ2) is 7.01. The predicted octanol–water partition coefficient (Wildman–Crippen LogP) is 1.64. The average molecular weight is 220 g/mol. The summed E-state index contributed by atoms with van der Waals surface area (Å²) < 4.78 is 0. The molecule has 0 aliphatic heterocycles. The van der Waals surface area contributed by atoms with Crippen molar-refractivity contribution in [3.05, 3.63) is 35.9 Å². The lowest BCUT2D eigenvalue weighted by atomic mass is 10.1. The zero-order chi connectivity index (χ0) is 11.8. The Kier molecular flexibility index (Phi) is 5.57. The third-order valence-electron chi connectivity index (χ3n) is 2.82. The van der Waals surface area contributed by atoms with Crippen LogP contribution in [0.3, 0.4) is 0 Å². The van der Waals surface area contributed by atoms with Gasteiger partial charge in [-0.3, -0.25) is 9.69 Å². The molecule has 1 atom stereocenters. The molecule has 3 nitrogen and oxygen atoms in total. The van der Waals surface area contributed by atoms with Crippen LogP contribution in [0.1, 0.15) is 18.9 Å². The van der Waals surface area contributed by atoms with E-state index in [0.717, 1.165) is 25.9 Å². The number of carbonyl (C=O) groups excluding carboxylic acids is 1. The van der Waals surface area contributed by atoms with E-state index in [9.17, 15) is 4.79 Å². The van der Waals surface area contributed by atoms with Gasteiger partial charge in [0.05, 0.1) is 0 Å². The number of hydrogen-bond acceptors (Lipinski definition) is 2. The standard InChI is InChI=1S/C13H20N2O/c1-12(8-9-14-11-16)15(2)10-13-6-4-3-5-7-13/h3-7,11-12H,8-10H2,1-2H3,(H,14,16). The molecule has 0 saturated heterocycles. The van der Waals surface area contributed by atoms with Gasteiger partial charge in [0, 0.05) is 19.1 Å². The maximum Gasteiger partial charge on any atom is 0.207 e. The van der Waals surface area contributed by atoms with Gasteiger partial charge in [0.25, 0.3) is 0 Å². The number of amides is 1. The zero-order valence-corrected chi connectivity index (χ0v) is 10.0. The van der Waals surface area contributed by atoms with Gasteiger partial charge >= 0.3 is 0 Å². The summed E-state index contributed by atoms with van der Waals surface area (Å²) in [7, 11) is 2.11. The fourth-order valence-electron chi connectivity index (χ4n) is 1.60. The highest BCUT2D eigenvalue weighted by Gasteiger charge is 2.08. The molecule has 1 rings (SSSR count). The summed E-state index contributed by atoms with van der Waals surface area (Å²) >= 11 is 0. The second-order valence-corrected chi connectivity index (χ2v) is 4.11. The summed E-state index contributed by atoms with van der Waals surface area (Å²) in [5, 5.41) is 2.69. The first-order chi connectivity index (χ1) is 7.74. The Bertz CT molecular complexity index is 300. The van der Waals surface area contributed by atoms with Crippen molar-refractivity contribution in [3.8, 4) is 0 Å². The van der Waals surface area contributed by atoms with Crippen LogP contribution in [-0.4, -0.2) is 30.9 Å². The van der Waals surface area contributed by atoms with Crippen molar-refractivity contribution in [1.82, 2.24) is 10.2 Å². The van der Waals surface area contributed by atoms with E-state index in [-0.39, 0.29) is 0 Å². The number of nitrogens with zero attached hydrogens (tertiary/aromatic N) is 1. The monoisotopic (exact) mass is 220 g/mol. The molecule has 0 fully saturated rings. The van der Waals surface area contributed by atoms with Crippen molar-refractivity contribution < 1.29 is 4.79 Å². The van der Waals surface area contributed by atoms with Crippen molar-refractivity contribution in [2.45, 2.75) is 25.9 Å². The SMILES string of the molecule is CC(CCNC=O)N(C)Cc1ccccc1. The van der Waals surface area contributed by atoms with Crippen LogP contribution < -0.4 is 5.32 Å². The third kappa shape index (κ3) is 4.45. The molecule has 0 saturated carbocycles. The zero-order valence-electron chi connectivity index (χ0n) is 10.0. The van der Waals surface area contributed by atoms with Crippen molar-refractivity contribution in [1.29, 1.82) is 0 Å². The summed E-state index contributed by atoms with van der Waals surface area (Å²) in [5.41, 5.74) is 1.32. The first-order valence-electron chi connectivity index (χ1n) is 5.65. The fraction of sp³-hybridized carbons (Fsp3) is 0.462. The summed E-state index contributed by atoms with van der Waals surface area (Å²) in [5.74, 6) is 0. The largest absolute Gasteiger partial charge is 0.359 e. The first-order valence-corrected chi connectivity index (χ1v) is 5.65. The van der Waals surface area contributed by atoms with Crippen molar-refractivity contribution in [2.75, 3.05) is 13.6 Å². The van der Waals surface area contributed by atoms with Crippen molar-refractivity contribution in [3.63, 3.8) is 0 Å². The molecule has 1 unspecified atom stereocenters.